The number of nitrogens with zero attached hydrogens (tertiary/aromatic N) is 5. The van der Waals surface area contributed by atoms with Crippen molar-refractivity contribution in [2.45, 2.75) is 18.3 Å². The van der Waals surface area contributed by atoms with Crippen LogP contribution in [0, 0.1) is 11.8 Å². The molecule has 0 atom stereocenters. The first-order valence-electron chi connectivity index (χ1n) is 11.0. The van der Waals surface area contributed by atoms with E-state index in [9.17, 15) is 13.6 Å². The molecule has 3 aliphatic rings. The number of rotatable bonds is 3. The van der Waals surface area contributed by atoms with Gasteiger partial charge in [-0.15, -0.1) is 0 Å². The second kappa shape index (κ2) is 7.55. The van der Waals surface area contributed by atoms with Gasteiger partial charge >= 0.3 is 0 Å². The summed E-state index contributed by atoms with van der Waals surface area (Å²) >= 11 is 0. The van der Waals surface area contributed by atoms with E-state index in [-0.39, 0.29) is 16.9 Å². The maximum absolute atomic E-state index is 14.0. The van der Waals surface area contributed by atoms with Gasteiger partial charge < -0.3 is 14.5 Å². The third-order valence-electron chi connectivity index (χ3n) is 6.72. The van der Waals surface area contributed by atoms with Crippen molar-refractivity contribution < 1.29 is 18.3 Å². The van der Waals surface area contributed by atoms with E-state index in [1.807, 2.05) is 21.9 Å². The molecule has 9 heteroatoms. The number of fused-ring (bicyclic) bond motifs is 2. The predicted octanol–water partition coefficient (Wildman–Crippen LogP) is 3.47. The van der Waals surface area contributed by atoms with Crippen LogP contribution in [-0.2, 0) is 10.2 Å². The SMILES string of the molecule is O=C(c1ccc2c(c1)N(c1ncc(-c3cc(F)cnc3F)cn1)CC21CC1)N1CCOCC1. The number of aromatic nitrogens is 3. The van der Waals surface area contributed by atoms with Crippen molar-refractivity contribution >= 4 is 17.5 Å². The molecule has 33 heavy (non-hydrogen) atoms. The molecule has 1 aromatic carbocycles. The smallest absolute Gasteiger partial charge is 0.254 e. The first-order chi connectivity index (χ1) is 16.0. The maximum Gasteiger partial charge on any atom is 0.254 e. The molecule has 2 aromatic heterocycles. The van der Waals surface area contributed by atoms with Gasteiger partial charge in [0.05, 0.1) is 19.4 Å². The number of morpholine rings is 1. The van der Waals surface area contributed by atoms with Gasteiger partial charge in [-0.3, -0.25) is 4.79 Å². The van der Waals surface area contributed by atoms with Crippen molar-refractivity contribution in [3.8, 4) is 11.1 Å². The molecule has 7 nitrogen and oxygen atoms in total. The highest BCUT2D eigenvalue weighted by Gasteiger charge is 2.52. The highest BCUT2D eigenvalue weighted by molar-refractivity contribution is 5.96. The second-order valence-corrected chi connectivity index (χ2v) is 8.77. The third-order valence-corrected chi connectivity index (χ3v) is 6.72. The molecule has 4 heterocycles. The first-order valence-corrected chi connectivity index (χ1v) is 11.0. The van der Waals surface area contributed by atoms with E-state index in [1.54, 1.807) is 0 Å². The fourth-order valence-corrected chi connectivity index (χ4v) is 4.74. The summed E-state index contributed by atoms with van der Waals surface area (Å²) in [5.41, 5.74) is 3.19. The third kappa shape index (κ3) is 3.43. The molecule has 1 amide bonds. The molecule has 0 unspecified atom stereocenters. The molecule has 0 radical (unpaired) electrons. The zero-order valence-electron chi connectivity index (χ0n) is 17.8. The van der Waals surface area contributed by atoms with Crippen LogP contribution in [-0.4, -0.2) is 58.6 Å². The van der Waals surface area contributed by atoms with Crippen molar-refractivity contribution in [3.05, 3.63) is 65.7 Å². The van der Waals surface area contributed by atoms with Crippen LogP contribution in [0.25, 0.3) is 11.1 Å². The molecule has 6 rings (SSSR count). The number of benzene rings is 1. The summed E-state index contributed by atoms with van der Waals surface area (Å²) < 4.78 is 32.9. The number of hydrogen-bond acceptors (Lipinski definition) is 6. The van der Waals surface area contributed by atoms with Crippen LogP contribution in [0.1, 0.15) is 28.8 Å². The number of ether oxygens (including phenoxy) is 1. The Kier molecular flexibility index (Phi) is 4.62. The van der Waals surface area contributed by atoms with Crippen LogP contribution in [0.3, 0.4) is 0 Å². The molecule has 1 aliphatic carbocycles. The van der Waals surface area contributed by atoms with E-state index in [2.05, 4.69) is 21.0 Å². The van der Waals surface area contributed by atoms with E-state index < -0.39 is 11.8 Å². The minimum atomic E-state index is -0.775. The van der Waals surface area contributed by atoms with Gasteiger partial charge in [-0.2, -0.15) is 4.39 Å². The van der Waals surface area contributed by atoms with Gasteiger partial charge in [-0.1, -0.05) is 6.07 Å². The Hall–Kier alpha value is -3.46. The molecule has 0 bridgehead atoms. The van der Waals surface area contributed by atoms with Crippen molar-refractivity contribution in [1.82, 2.24) is 19.9 Å². The number of halogens is 2. The van der Waals surface area contributed by atoms with Crippen molar-refractivity contribution in [2.24, 2.45) is 0 Å². The van der Waals surface area contributed by atoms with E-state index in [4.69, 9.17) is 4.74 Å². The van der Waals surface area contributed by atoms with Gasteiger partial charge in [0.2, 0.25) is 11.9 Å². The van der Waals surface area contributed by atoms with Gasteiger partial charge in [-0.25, -0.2) is 19.3 Å². The summed E-state index contributed by atoms with van der Waals surface area (Å²) in [7, 11) is 0. The number of hydrogen-bond donors (Lipinski definition) is 0. The Balaban J connectivity index is 1.33. The van der Waals surface area contributed by atoms with Crippen LogP contribution in [0.5, 0.6) is 0 Å². The summed E-state index contributed by atoms with van der Waals surface area (Å²) in [5.74, 6) is -0.952. The van der Waals surface area contributed by atoms with Gasteiger partial charge in [-0.05, 0) is 36.6 Å². The number of anilines is 2. The zero-order chi connectivity index (χ0) is 22.6. The highest BCUT2D eigenvalue weighted by atomic mass is 19.1. The fraction of sp³-hybridized carbons (Fsp3) is 0.333. The maximum atomic E-state index is 14.0. The first kappa shape index (κ1) is 20.2. The molecule has 1 saturated heterocycles. The summed E-state index contributed by atoms with van der Waals surface area (Å²) in [6, 6.07) is 6.96. The normalized spacial score (nSPS) is 18.5. The lowest BCUT2D eigenvalue weighted by Gasteiger charge is -2.27. The largest absolute Gasteiger partial charge is 0.378 e. The van der Waals surface area contributed by atoms with E-state index in [0.717, 1.165) is 37.3 Å². The average molecular weight is 449 g/mol. The van der Waals surface area contributed by atoms with E-state index >= 15 is 0 Å². The van der Waals surface area contributed by atoms with Crippen LogP contribution in [0.4, 0.5) is 20.4 Å². The topological polar surface area (TPSA) is 71.5 Å². The minimum Gasteiger partial charge on any atom is -0.378 e. The van der Waals surface area contributed by atoms with Gasteiger partial charge in [0, 0.05) is 59.8 Å². The number of pyridine rings is 1. The molecule has 1 saturated carbocycles. The monoisotopic (exact) mass is 449 g/mol. The lowest BCUT2D eigenvalue weighted by molar-refractivity contribution is 0.0303. The minimum absolute atomic E-state index is 0.0110. The summed E-state index contributed by atoms with van der Waals surface area (Å²) in [6.45, 7) is 2.99. The Bertz CT molecular complexity index is 1240. The van der Waals surface area contributed by atoms with Crippen molar-refractivity contribution in [3.63, 3.8) is 0 Å². The quantitative estimate of drug-likeness (QED) is 0.571. The van der Waals surface area contributed by atoms with Gasteiger partial charge in [0.25, 0.3) is 5.91 Å². The zero-order valence-corrected chi connectivity index (χ0v) is 17.8. The summed E-state index contributed by atoms with van der Waals surface area (Å²) in [5, 5.41) is 0. The van der Waals surface area contributed by atoms with Crippen LogP contribution < -0.4 is 4.90 Å². The number of amides is 1. The lowest BCUT2D eigenvalue weighted by atomic mass is 9.97. The Morgan fingerprint density at radius 1 is 1.00 bits per heavy atom. The molecule has 2 aliphatic heterocycles. The standard InChI is InChI=1S/C24H21F2N5O2/c25-17-10-18(21(26)27-13-17)16-11-28-23(29-12-16)31-14-24(3-4-24)19-2-1-15(9-20(19)31)22(32)30-5-7-33-8-6-30/h1-2,9-13H,3-8,14H2. The molecule has 3 aromatic rings. The van der Waals surface area contributed by atoms with Crippen LogP contribution >= 0.6 is 0 Å². The molecule has 1 spiro atoms. The van der Waals surface area contributed by atoms with E-state index in [0.29, 0.717) is 43.4 Å². The number of carbonyl (C=O) groups is 1. The molecule has 2 fully saturated rings. The molecule has 0 N–H and O–H groups in total. The van der Waals surface area contributed by atoms with E-state index in [1.165, 1.54) is 18.0 Å². The fourth-order valence-electron chi connectivity index (χ4n) is 4.74. The van der Waals surface area contributed by atoms with Crippen molar-refractivity contribution in [2.75, 3.05) is 37.7 Å². The second-order valence-electron chi connectivity index (χ2n) is 8.77. The van der Waals surface area contributed by atoms with Gasteiger partial charge in [0.15, 0.2) is 0 Å². The summed E-state index contributed by atoms with van der Waals surface area (Å²) in [4.78, 5) is 29.2. The van der Waals surface area contributed by atoms with Crippen LogP contribution in [0.2, 0.25) is 0 Å². The molecular formula is C24H21F2N5O2. The molecule has 168 valence electrons. The van der Waals surface area contributed by atoms with Gasteiger partial charge in [0.1, 0.15) is 5.82 Å². The summed E-state index contributed by atoms with van der Waals surface area (Å²) in [6.07, 6.45) is 5.93. The Labute approximate surface area is 189 Å². The molecular weight excluding hydrogens is 428 g/mol. The number of carbonyl (C=O) groups excluding carboxylic acids is 1. The Morgan fingerprint density at radius 3 is 2.48 bits per heavy atom. The Morgan fingerprint density at radius 2 is 1.76 bits per heavy atom. The lowest BCUT2D eigenvalue weighted by Crippen LogP contribution is -2.40. The van der Waals surface area contributed by atoms with Crippen LogP contribution in [0.15, 0.2) is 42.9 Å². The average Bonchev–Trinajstić information content (AvgIpc) is 3.57. The van der Waals surface area contributed by atoms with Crippen molar-refractivity contribution in [1.29, 1.82) is 0 Å². The predicted molar refractivity (Wildman–Crippen MR) is 116 cm³/mol. The highest BCUT2D eigenvalue weighted by Crippen LogP contribution is 2.57.